The lowest BCUT2D eigenvalue weighted by atomic mass is 10.1. The second kappa shape index (κ2) is 11.2. The van der Waals surface area contributed by atoms with E-state index in [9.17, 15) is 10.1 Å². The Labute approximate surface area is 210 Å². The molecule has 0 spiro atoms. The van der Waals surface area contributed by atoms with Gasteiger partial charge in [-0.2, -0.15) is 5.26 Å². The summed E-state index contributed by atoms with van der Waals surface area (Å²) in [6, 6.07) is 18.9. The molecular formula is C26H22Br2N2O3. The summed E-state index contributed by atoms with van der Waals surface area (Å²) < 4.78 is 13.1. The maximum Gasteiger partial charge on any atom is 0.266 e. The van der Waals surface area contributed by atoms with Crippen molar-refractivity contribution in [1.29, 1.82) is 5.26 Å². The molecule has 168 valence electrons. The molecule has 3 rings (SSSR count). The first-order valence-electron chi connectivity index (χ1n) is 10.1. The number of rotatable bonds is 7. The second-order valence-electron chi connectivity index (χ2n) is 7.36. The van der Waals surface area contributed by atoms with Crippen LogP contribution in [0, 0.1) is 25.2 Å². The maximum absolute atomic E-state index is 12.7. The van der Waals surface area contributed by atoms with Gasteiger partial charge in [-0.1, -0.05) is 50.1 Å². The number of ether oxygens (including phenoxy) is 2. The highest BCUT2D eigenvalue weighted by Gasteiger charge is 2.14. The van der Waals surface area contributed by atoms with Crippen LogP contribution in [0.2, 0.25) is 0 Å². The second-order valence-corrected chi connectivity index (χ2v) is 9.13. The number of carbonyl (C=O) groups is 1. The number of amides is 1. The van der Waals surface area contributed by atoms with Gasteiger partial charge in [-0.3, -0.25) is 4.79 Å². The Hall–Kier alpha value is -3.08. The summed E-state index contributed by atoms with van der Waals surface area (Å²) in [7, 11) is 1.54. The van der Waals surface area contributed by atoms with E-state index in [0.717, 1.165) is 21.2 Å². The number of hydrogen-bond donors (Lipinski definition) is 1. The van der Waals surface area contributed by atoms with Crippen LogP contribution in [0.5, 0.6) is 11.5 Å². The number of halogens is 2. The third kappa shape index (κ3) is 6.47. The van der Waals surface area contributed by atoms with Crippen molar-refractivity contribution >= 4 is 49.5 Å². The highest BCUT2D eigenvalue weighted by molar-refractivity contribution is 9.10. The van der Waals surface area contributed by atoms with Gasteiger partial charge in [-0.05, 0) is 78.6 Å². The van der Waals surface area contributed by atoms with E-state index in [1.54, 1.807) is 19.2 Å². The molecule has 0 aliphatic carbocycles. The van der Waals surface area contributed by atoms with Gasteiger partial charge < -0.3 is 14.8 Å². The van der Waals surface area contributed by atoms with Gasteiger partial charge in [0.05, 0.1) is 7.11 Å². The summed E-state index contributed by atoms with van der Waals surface area (Å²) >= 11 is 6.93. The van der Waals surface area contributed by atoms with E-state index in [2.05, 4.69) is 37.2 Å². The third-order valence-corrected chi connectivity index (χ3v) is 6.24. The standard InChI is InChI=1S/C26H22Br2N2O3/c1-16-4-9-22(10-17(16)2)30-26(31)20(14-29)11-19-12-24(32-3)25(13-23(19)28)33-15-18-5-7-21(27)8-6-18/h4-13H,15H2,1-3H3,(H,30,31)/b20-11+. The minimum atomic E-state index is -0.484. The molecule has 0 fully saturated rings. The van der Waals surface area contributed by atoms with E-state index in [1.807, 2.05) is 62.4 Å². The van der Waals surface area contributed by atoms with Crippen molar-refractivity contribution in [1.82, 2.24) is 0 Å². The fourth-order valence-corrected chi connectivity index (χ4v) is 3.70. The van der Waals surface area contributed by atoms with Crippen LogP contribution in [0.4, 0.5) is 5.69 Å². The Bertz CT molecular complexity index is 1250. The van der Waals surface area contributed by atoms with Crippen LogP contribution >= 0.6 is 31.9 Å². The smallest absolute Gasteiger partial charge is 0.266 e. The monoisotopic (exact) mass is 568 g/mol. The van der Waals surface area contributed by atoms with Crippen LogP contribution in [-0.4, -0.2) is 13.0 Å². The number of nitrogens with zero attached hydrogens (tertiary/aromatic N) is 1. The lowest BCUT2D eigenvalue weighted by Crippen LogP contribution is -2.13. The van der Waals surface area contributed by atoms with Crippen molar-refractivity contribution in [3.8, 4) is 17.6 Å². The van der Waals surface area contributed by atoms with Gasteiger partial charge in [0.1, 0.15) is 18.2 Å². The van der Waals surface area contributed by atoms with Crippen molar-refractivity contribution in [3.63, 3.8) is 0 Å². The molecule has 0 atom stereocenters. The Kier molecular flexibility index (Phi) is 8.32. The average molecular weight is 570 g/mol. The zero-order valence-corrected chi connectivity index (χ0v) is 21.6. The lowest BCUT2D eigenvalue weighted by Gasteiger charge is -2.13. The summed E-state index contributed by atoms with van der Waals surface area (Å²) in [5.74, 6) is 0.554. The number of nitrogens with one attached hydrogen (secondary N) is 1. The molecule has 0 heterocycles. The molecule has 0 aliphatic rings. The Morgan fingerprint density at radius 3 is 2.39 bits per heavy atom. The van der Waals surface area contributed by atoms with E-state index in [1.165, 1.54) is 6.08 Å². The molecule has 0 aromatic heterocycles. The SMILES string of the molecule is COc1cc(/C=C(\C#N)C(=O)Nc2ccc(C)c(C)c2)c(Br)cc1OCc1ccc(Br)cc1. The fourth-order valence-electron chi connectivity index (χ4n) is 3.00. The highest BCUT2D eigenvalue weighted by Crippen LogP contribution is 2.35. The Morgan fingerprint density at radius 1 is 1.03 bits per heavy atom. The van der Waals surface area contributed by atoms with E-state index in [4.69, 9.17) is 9.47 Å². The van der Waals surface area contributed by atoms with E-state index >= 15 is 0 Å². The van der Waals surface area contributed by atoms with Gasteiger partial charge in [0.15, 0.2) is 11.5 Å². The predicted molar refractivity (Wildman–Crippen MR) is 137 cm³/mol. The molecule has 5 nitrogen and oxygen atoms in total. The zero-order valence-electron chi connectivity index (χ0n) is 18.4. The molecule has 7 heteroatoms. The molecule has 0 unspecified atom stereocenters. The number of carbonyl (C=O) groups excluding carboxylic acids is 1. The molecule has 3 aromatic rings. The Morgan fingerprint density at radius 2 is 1.76 bits per heavy atom. The van der Waals surface area contributed by atoms with Gasteiger partial charge in [0.25, 0.3) is 5.91 Å². The van der Waals surface area contributed by atoms with E-state index in [0.29, 0.717) is 33.8 Å². The number of methoxy groups -OCH3 is 1. The zero-order chi connectivity index (χ0) is 24.0. The van der Waals surface area contributed by atoms with Crippen LogP contribution in [-0.2, 0) is 11.4 Å². The van der Waals surface area contributed by atoms with Crippen molar-refractivity contribution in [2.45, 2.75) is 20.5 Å². The summed E-state index contributed by atoms with van der Waals surface area (Å²) in [6.07, 6.45) is 1.52. The van der Waals surface area contributed by atoms with Crippen LogP contribution in [0.15, 0.2) is 69.1 Å². The lowest BCUT2D eigenvalue weighted by molar-refractivity contribution is -0.112. The molecular weight excluding hydrogens is 548 g/mol. The topological polar surface area (TPSA) is 71.3 Å². The van der Waals surface area contributed by atoms with Crippen LogP contribution < -0.4 is 14.8 Å². The molecule has 1 amide bonds. The molecule has 0 aliphatic heterocycles. The number of hydrogen-bond acceptors (Lipinski definition) is 4. The minimum absolute atomic E-state index is 0.0282. The third-order valence-electron chi connectivity index (χ3n) is 5.02. The first-order valence-corrected chi connectivity index (χ1v) is 11.6. The van der Waals surface area contributed by atoms with Gasteiger partial charge in [0, 0.05) is 14.6 Å². The summed E-state index contributed by atoms with van der Waals surface area (Å²) in [5.41, 5.74) is 4.42. The largest absolute Gasteiger partial charge is 0.493 e. The number of benzene rings is 3. The quantitative estimate of drug-likeness (QED) is 0.246. The number of nitriles is 1. The van der Waals surface area contributed by atoms with Gasteiger partial charge in [-0.15, -0.1) is 0 Å². The summed E-state index contributed by atoms with van der Waals surface area (Å²) in [5, 5.41) is 12.4. The minimum Gasteiger partial charge on any atom is -0.493 e. The molecule has 0 bridgehead atoms. The summed E-state index contributed by atoms with van der Waals surface area (Å²) in [4.78, 5) is 12.7. The molecule has 33 heavy (non-hydrogen) atoms. The highest BCUT2D eigenvalue weighted by atomic mass is 79.9. The average Bonchev–Trinajstić information content (AvgIpc) is 2.80. The van der Waals surface area contributed by atoms with Crippen LogP contribution in [0.3, 0.4) is 0 Å². The number of anilines is 1. The molecule has 3 aromatic carbocycles. The molecule has 0 radical (unpaired) electrons. The fraction of sp³-hybridized carbons (Fsp3) is 0.154. The Balaban J connectivity index is 1.81. The summed E-state index contributed by atoms with van der Waals surface area (Å²) in [6.45, 7) is 4.33. The predicted octanol–water partition coefficient (Wildman–Crippen LogP) is 6.96. The maximum atomic E-state index is 12.7. The van der Waals surface area contributed by atoms with Crippen molar-refractivity contribution in [3.05, 3.63) is 91.4 Å². The van der Waals surface area contributed by atoms with Crippen molar-refractivity contribution in [2.24, 2.45) is 0 Å². The van der Waals surface area contributed by atoms with E-state index in [-0.39, 0.29) is 5.57 Å². The van der Waals surface area contributed by atoms with Crippen molar-refractivity contribution in [2.75, 3.05) is 12.4 Å². The van der Waals surface area contributed by atoms with Crippen LogP contribution in [0.1, 0.15) is 22.3 Å². The first kappa shape index (κ1) is 24.6. The van der Waals surface area contributed by atoms with Crippen LogP contribution in [0.25, 0.3) is 6.08 Å². The van der Waals surface area contributed by atoms with Gasteiger partial charge in [0.2, 0.25) is 0 Å². The number of aryl methyl sites for hydroxylation is 2. The van der Waals surface area contributed by atoms with Gasteiger partial charge >= 0.3 is 0 Å². The first-order chi connectivity index (χ1) is 15.8. The van der Waals surface area contributed by atoms with Crippen molar-refractivity contribution < 1.29 is 14.3 Å². The molecule has 1 N–H and O–H groups in total. The molecule has 0 saturated carbocycles. The normalized spacial score (nSPS) is 11.0. The van der Waals surface area contributed by atoms with Gasteiger partial charge in [-0.25, -0.2) is 0 Å². The van der Waals surface area contributed by atoms with E-state index < -0.39 is 5.91 Å². The molecule has 0 saturated heterocycles.